The lowest BCUT2D eigenvalue weighted by Crippen LogP contribution is -2.42. The third-order valence-electron chi connectivity index (χ3n) is 3.72. The Kier molecular flexibility index (Phi) is 4.35. The number of rotatable bonds is 3. The second-order valence-corrected chi connectivity index (χ2v) is 6.49. The van der Waals surface area contributed by atoms with Crippen LogP contribution in [-0.4, -0.2) is 33.7 Å². The van der Waals surface area contributed by atoms with E-state index < -0.39 is 28.3 Å². The molecule has 1 N–H and O–H groups in total. The molecule has 1 aliphatic rings. The van der Waals surface area contributed by atoms with Gasteiger partial charge in [-0.1, -0.05) is 0 Å². The lowest BCUT2D eigenvalue weighted by molar-refractivity contribution is -0.387. The van der Waals surface area contributed by atoms with Crippen LogP contribution in [0.25, 0.3) is 0 Å². The number of nitro groups is 1. The Morgan fingerprint density at radius 2 is 2.09 bits per heavy atom. The Labute approximate surface area is 132 Å². The number of nitro benzene ring substituents is 1. The molecule has 2 rings (SSSR count). The van der Waals surface area contributed by atoms with Crippen LogP contribution < -0.4 is 5.32 Å². The second-order valence-electron chi connectivity index (χ2n) is 6.49. The standard InChI is InChI=1S/C15H18FN3O4/c1-15(2,3)18-8-9(6-13(18)20)14(21)17-10-4-5-11(16)12(7-10)19(22)23/h4-5,7,9H,6,8H2,1-3H3,(H,17,21). The Balaban J connectivity index is 2.10. The maximum atomic E-state index is 13.3. The molecule has 0 aliphatic carbocycles. The third kappa shape index (κ3) is 3.64. The van der Waals surface area contributed by atoms with Gasteiger partial charge in [-0.25, -0.2) is 0 Å². The lowest BCUT2D eigenvalue weighted by atomic mass is 10.1. The van der Waals surface area contributed by atoms with Crippen LogP contribution in [-0.2, 0) is 9.59 Å². The van der Waals surface area contributed by atoms with Crippen LogP contribution >= 0.6 is 0 Å². The quantitative estimate of drug-likeness (QED) is 0.682. The van der Waals surface area contributed by atoms with E-state index in [1.807, 2.05) is 20.8 Å². The monoisotopic (exact) mass is 323 g/mol. The minimum absolute atomic E-state index is 0.0897. The third-order valence-corrected chi connectivity index (χ3v) is 3.72. The van der Waals surface area contributed by atoms with Crippen LogP contribution in [0.15, 0.2) is 18.2 Å². The predicted molar refractivity (Wildman–Crippen MR) is 81.3 cm³/mol. The van der Waals surface area contributed by atoms with Crippen LogP contribution in [0.2, 0.25) is 0 Å². The Morgan fingerprint density at radius 1 is 1.43 bits per heavy atom. The summed E-state index contributed by atoms with van der Waals surface area (Å²) in [4.78, 5) is 35.7. The maximum absolute atomic E-state index is 13.3. The molecule has 1 aromatic rings. The number of nitrogens with one attached hydrogen (secondary N) is 1. The zero-order chi connectivity index (χ0) is 17.4. The number of benzene rings is 1. The number of nitrogens with zero attached hydrogens (tertiary/aromatic N) is 2. The van der Waals surface area contributed by atoms with Crippen molar-refractivity contribution in [3.05, 3.63) is 34.1 Å². The van der Waals surface area contributed by atoms with E-state index in [9.17, 15) is 24.1 Å². The summed E-state index contributed by atoms with van der Waals surface area (Å²) in [7, 11) is 0. The molecule has 2 amide bonds. The Hall–Kier alpha value is -2.51. The molecular weight excluding hydrogens is 305 g/mol. The van der Waals surface area contributed by atoms with E-state index in [1.54, 1.807) is 4.90 Å². The van der Waals surface area contributed by atoms with Gasteiger partial charge in [0.15, 0.2) is 0 Å². The summed E-state index contributed by atoms with van der Waals surface area (Å²) in [6, 6.07) is 3.14. The Morgan fingerprint density at radius 3 is 2.61 bits per heavy atom. The van der Waals surface area contributed by atoms with E-state index in [1.165, 1.54) is 6.07 Å². The van der Waals surface area contributed by atoms with Gasteiger partial charge in [0.05, 0.1) is 10.8 Å². The molecule has 1 aromatic carbocycles. The zero-order valence-corrected chi connectivity index (χ0v) is 13.1. The van der Waals surface area contributed by atoms with Gasteiger partial charge in [-0.05, 0) is 32.9 Å². The minimum Gasteiger partial charge on any atom is -0.337 e. The summed E-state index contributed by atoms with van der Waals surface area (Å²) in [6.07, 6.45) is 0.0897. The van der Waals surface area contributed by atoms with Gasteiger partial charge in [0.2, 0.25) is 17.6 Å². The lowest BCUT2D eigenvalue weighted by Gasteiger charge is -2.31. The number of halogens is 1. The van der Waals surface area contributed by atoms with Crippen molar-refractivity contribution >= 4 is 23.2 Å². The highest BCUT2D eigenvalue weighted by molar-refractivity contribution is 5.97. The first-order valence-electron chi connectivity index (χ1n) is 7.15. The van der Waals surface area contributed by atoms with Gasteiger partial charge >= 0.3 is 5.69 Å². The topological polar surface area (TPSA) is 92.6 Å². The molecule has 1 atom stereocenters. The van der Waals surface area contributed by atoms with Gasteiger partial charge in [0.1, 0.15) is 0 Å². The predicted octanol–water partition coefficient (Wildman–Crippen LogP) is 2.32. The maximum Gasteiger partial charge on any atom is 0.306 e. The molecule has 1 unspecified atom stereocenters. The highest BCUT2D eigenvalue weighted by Gasteiger charge is 2.39. The number of amides is 2. The molecular formula is C15H18FN3O4. The fourth-order valence-corrected chi connectivity index (χ4v) is 2.51. The Bertz CT molecular complexity index is 669. The first-order chi connectivity index (χ1) is 10.6. The summed E-state index contributed by atoms with van der Waals surface area (Å²) in [5.41, 5.74) is -0.952. The summed E-state index contributed by atoms with van der Waals surface area (Å²) >= 11 is 0. The smallest absolute Gasteiger partial charge is 0.306 e. The van der Waals surface area contributed by atoms with Gasteiger partial charge in [-0.15, -0.1) is 0 Å². The van der Waals surface area contributed by atoms with Crippen molar-refractivity contribution in [3.8, 4) is 0 Å². The van der Waals surface area contributed by atoms with Gasteiger partial charge in [-0.3, -0.25) is 19.7 Å². The number of likely N-dealkylation sites (tertiary alicyclic amines) is 1. The molecule has 1 saturated heterocycles. The second kappa shape index (κ2) is 5.94. The van der Waals surface area contributed by atoms with Crippen molar-refractivity contribution in [2.24, 2.45) is 5.92 Å². The molecule has 0 saturated carbocycles. The zero-order valence-electron chi connectivity index (χ0n) is 13.1. The first-order valence-corrected chi connectivity index (χ1v) is 7.15. The van der Waals surface area contributed by atoms with Crippen molar-refractivity contribution < 1.29 is 18.9 Å². The average molecular weight is 323 g/mol. The molecule has 23 heavy (non-hydrogen) atoms. The highest BCUT2D eigenvalue weighted by Crippen LogP contribution is 2.27. The van der Waals surface area contributed by atoms with Gasteiger partial charge in [0.25, 0.3) is 0 Å². The van der Waals surface area contributed by atoms with E-state index in [-0.39, 0.29) is 30.1 Å². The highest BCUT2D eigenvalue weighted by atomic mass is 19.1. The molecule has 0 bridgehead atoms. The fraction of sp³-hybridized carbons (Fsp3) is 0.467. The molecule has 7 nitrogen and oxygen atoms in total. The van der Waals surface area contributed by atoms with Crippen LogP contribution in [0.5, 0.6) is 0 Å². The molecule has 0 spiro atoms. The van der Waals surface area contributed by atoms with Gasteiger partial charge < -0.3 is 10.2 Å². The van der Waals surface area contributed by atoms with Crippen LogP contribution in [0.1, 0.15) is 27.2 Å². The SMILES string of the molecule is CC(C)(C)N1CC(C(=O)Nc2ccc(F)c([N+](=O)[O-])c2)CC1=O. The summed E-state index contributed by atoms with van der Waals surface area (Å²) in [5.74, 6) is -2.03. The number of hydrogen-bond acceptors (Lipinski definition) is 4. The van der Waals surface area contributed by atoms with E-state index >= 15 is 0 Å². The number of carbonyl (C=O) groups excluding carboxylic acids is 2. The van der Waals surface area contributed by atoms with E-state index in [0.29, 0.717) is 0 Å². The molecule has 1 heterocycles. The van der Waals surface area contributed by atoms with Gasteiger partial charge in [-0.2, -0.15) is 4.39 Å². The van der Waals surface area contributed by atoms with Crippen molar-refractivity contribution in [3.63, 3.8) is 0 Å². The molecule has 0 radical (unpaired) electrons. The van der Waals surface area contributed by atoms with E-state index in [4.69, 9.17) is 0 Å². The first kappa shape index (κ1) is 16.9. The molecule has 1 fully saturated rings. The minimum atomic E-state index is -0.969. The van der Waals surface area contributed by atoms with Crippen molar-refractivity contribution in [1.29, 1.82) is 0 Å². The molecule has 1 aliphatic heterocycles. The van der Waals surface area contributed by atoms with Crippen LogP contribution in [0.3, 0.4) is 0 Å². The number of anilines is 1. The number of hydrogen-bond donors (Lipinski definition) is 1. The summed E-state index contributed by atoms with van der Waals surface area (Å²) < 4.78 is 13.3. The largest absolute Gasteiger partial charge is 0.337 e. The van der Waals surface area contributed by atoms with Crippen LogP contribution in [0, 0.1) is 21.8 Å². The van der Waals surface area contributed by atoms with Crippen molar-refractivity contribution in [2.45, 2.75) is 32.7 Å². The number of carbonyl (C=O) groups is 2. The molecule has 0 aromatic heterocycles. The van der Waals surface area contributed by atoms with Crippen molar-refractivity contribution in [2.75, 3.05) is 11.9 Å². The van der Waals surface area contributed by atoms with Crippen molar-refractivity contribution in [1.82, 2.24) is 4.90 Å². The normalized spacial score (nSPS) is 18.2. The molecule has 8 heteroatoms. The van der Waals surface area contributed by atoms with Gasteiger partial charge in [0, 0.05) is 30.3 Å². The van der Waals surface area contributed by atoms with E-state index in [2.05, 4.69) is 5.32 Å². The summed E-state index contributed by atoms with van der Waals surface area (Å²) in [6.45, 7) is 5.94. The summed E-state index contributed by atoms with van der Waals surface area (Å²) in [5, 5.41) is 13.2. The van der Waals surface area contributed by atoms with Crippen LogP contribution in [0.4, 0.5) is 15.8 Å². The average Bonchev–Trinajstić information content (AvgIpc) is 2.83. The van der Waals surface area contributed by atoms with E-state index in [0.717, 1.165) is 12.1 Å². The fourth-order valence-electron chi connectivity index (χ4n) is 2.51. The molecule has 124 valence electrons.